The largest absolute Gasteiger partial charge is 0.444 e. The zero-order chi connectivity index (χ0) is 15.0. The minimum Gasteiger partial charge on any atom is -0.444 e. The predicted molar refractivity (Wildman–Crippen MR) is 83.0 cm³/mol. The van der Waals surface area contributed by atoms with E-state index in [1.165, 1.54) is 44.9 Å². The van der Waals surface area contributed by atoms with E-state index >= 15 is 0 Å². The monoisotopic (exact) mass is 284 g/mol. The van der Waals surface area contributed by atoms with E-state index in [1.54, 1.807) is 11.9 Å². The number of nitrogens with one attached hydrogen (secondary N) is 1. The lowest BCUT2D eigenvalue weighted by Gasteiger charge is -2.26. The molecule has 0 aliphatic heterocycles. The Morgan fingerprint density at radius 1 is 1.15 bits per heavy atom. The highest BCUT2D eigenvalue weighted by atomic mass is 16.6. The average Bonchev–Trinajstić information content (AvgIpc) is 2.29. The standard InChI is InChI=1S/C16H32N2O2/c1-16(2,3)20-15(19)18(4)13-12-17-14-10-8-6-5-7-9-11-14/h14,17H,5-13H2,1-4H3. The number of ether oxygens (including phenoxy) is 1. The van der Waals surface area contributed by atoms with Crippen molar-refractivity contribution in [1.82, 2.24) is 10.2 Å². The summed E-state index contributed by atoms with van der Waals surface area (Å²) in [5, 5.41) is 3.59. The Bertz CT molecular complexity index is 279. The first-order valence-corrected chi connectivity index (χ1v) is 8.06. The molecule has 0 bridgehead atoms. The summed E-state index contributed by atoms with van der Waals surface area (Å²) in [5.74, 6) is 0. The highest BCUT2D eigenvalue weighted by Gasteiger charge is 2.19. The van der Waals surface area contributed by atoms with E-state index in [0.717, 1.165) is 6.54 Å². The molecule has 0 heterocycles. The van der Waals surface area contributed by atoms with E-state index in [0.29, 0.717) is 12.6 Å². The van der Waals surface area contributed by atoms with Gasteiger partial charge in [-0.15, -0.1) is 0 Å². The Morgan fingerprint density at radius 3 is 2.25 bits per heavy atom. The molecule has 1 N–H and O–H groups in total. The molecule has 0 aromatic rings. The lowest BCUT2D eigenvalue weighted by Crippen LogP contribution is -2.40. The number of carbonyl (C=O) groups excluding carboxylic acids is 1. The van der Waals surface area contributed by atoms with Gasteiger partial charge in [-0.2, -0.15) is 0 Å². The Hall–Kier alpha value is -0.770. The van der Waals surface area contributed by atoms with E-state index < -0.39 is 5.60 Å². The maximum absolute atomic E-state index is 11.8. The lowest BCUT2D eigenvalue weighted by molar-refractivity contribution is 0.0299. The molecule has 0 spiro atoms. The van der Waals surface area contributed by atoms with E-state index in [1.807, 2.05) is 20.8 Å². The fourth-order valence-corrected chi connectivity index (χ4v) is 2.53. The first-order valence-electron chi connectivity index (χ1n) is 8.06. The van der Waals surface area contributed by atoms with Crippen LogP contribution in [-0.2, 0) is 4.74 Å². The van der Waals surface area contributed by atoms with Crippen molar-refractivity contribution in [3.05, 3.63) is 0 Å². The predicted octanol–water partition coefficient (Wildman–Crippen LogP) is 3.56. The second-order valence-electron chi connectivity index (χ2n) is 6.90. The number of hydrogen-bond acceptors (Lipinski definition) is 3. The summed E-state index contributed by atoms with van der Waals surface area (Å²) >= 11 is 0. The highest BCUT2D eigenvalue weighted by molar-refractivity contribution is 5.67. The molecule has 1 saturated carbocycles. The van der Waals surface area contributed by atoms with Crippen molar-refractivity contribution < 1.29 is 9.53 Å². The van der Waals surface area contributed by atoms with E-state index in [-0.39, 0.29) is 6.09 Å². The maximum atomic E-state index is 11.8. The minimum atomic E-state index is -0.418. The summed E-state index contributed by atoms with van der Waals surface area (Å²) in [6, 6.07) is 0.627. The summed E-state index contributed by atoms with van der Waals surface area (Å²) in [7, 11) is 1.80. The summed E-state index contributed by atoms with van der Waals surface area (Å²) in [5.41, 5.74) is -0.418. The molecule has 1 rings (SSSR count). The molecule has 1 aliphatic carbocycles. The Kier molecular flexibility index (Phi) is 7.35. The van der Waals surface area contributed by atoms with Crippen molar-refractivity contribution in [2.45, 2.75) is 77.4 Å². The van der Waals surface area contributed by atoms with Gasteiger partial charge in [0.15, 0.2) is 0 Å². The molecular weight excluding hydrogens is 252 g/mol. The van der Waals surface area contributed by atoms with Gasteiger partial charge in [0.25, 0.3) is 0 Å². The molecule has 0 unspecified atom stereocenters. The van der Waals surface area contributed by atoms with Crippen LogP contribution in [0.25, 0.3) is 0 Å². The van der Waals surface area contributed by atoms with Gasteiger partial charge in [0.05, 0.1) is 0 Å². The van der Waals surface area contributed by atoms with E-state index in [9.17, 15) is 4.79 Å². The topological polar surface area (TPSA) is 41.6 Å². The molecule has 0 atom stereocenters. The third-order valence-corrected chi connectivity index (χ3v) is 3.69. The molecule has 1 fully saturated rings. The number of amides is 1. The molecule has 0 aromatic carbocycles. The van der Waals surface area contributed by atoms with Gasteiger partial charge in [-0.1, -0.05) is 32.1 Å². The van der Waals surface area contributed by atoms with E-state index in [4.69, 9.17) is 4.74 Å². The number of nitrogens with zero attached hydrogens (tertiary/aromatic N) is 1. The summed E-state index contributed by atoms with van der Waals surface area (Å²) in [6.07, 6.45) is 9.11. The fourth-order valence-electron chi connectivity index (χ4n) is 2.53. The van der Waals surface area contributed by atoms with Crippen LogP contribution in [0, 0.1) is 0 Å². The second kappa shape index (κ2) is 8.50. The van der Waals surface area contributed by atoms with Crippen LogP contribution in [0.15, 0.2) is 0 Å². The normalized spacial score (nSPS) is 18.2. The van der Waals surface area contributed by atoms with Crippen LogP contribution in [0.5, 0.6) is 0 Å². The van der Waals surface area contributed by atoms with Crippen LogP contribution in [-0.4, -0.2) is 42.8 Å². The highest BCUT2D eigenvalue weighted by Crippen LogP contribution is 2.16. The number of likely N-dealkylation sites (N-methyl/N-ethyl adjacent to an activating group) is 1. The average molecular weight is 284 g/mol. The quantitative estimate of drug-likeness (QED) is 0.858. The van der Waals surface area contributed by atoms with Gasteiger partial charge in [-0.25, -0.2) is 4.79 Å². The summed E-state index contributed by atoms with van der Waals surface area (Å²) < 4.78 is 5.34. The van der Waals surface area contributed by atoms with Gasteiger partial charge in [-0.05, 0) is 33.6 Å². The Balaban J connectivity index is 2.19. The Morgan fingerprint density at radius 2 is 1.70 bits per heavy atom. The van der Waals surface area contributed by atoms with Crippen LogP contribution >= 0.6 is 0 Å². The number of hydrogen-bond donors (Lipinski definition) is 1. The van der Waals surface area contributed by atoms with Crippen LogP contribution in [0.4, 0.5) is 4.79 Å². The van der Waals surface area contributed by atoms with Crippen molar-refractivity contribution >= 4 is 6.09 Å². The van der Waals surface area contributed by atoms with Gasteiger partial charge in [0, 0.05) is 26.2 Å². The smallest absolute Gasteiger partial charge is 0.410 e. The van der Waals surface area contributed by atoms with E-state index in [2.05, 4.69) is 5.32 Å². The van der Waals surface area contributed by atoms with Crippen LogP contribution in [0.1, 0.15) is 65.7 Å². The van der Waals surface area contributed by atoms with Gasteiger partial charge >= 0.3 is 6.09 Å². The molecule has 0 radical (unpaired) electrons. The fraction of sp³-hybridized carbons (Fsp3) is 0.938. The zero-order valence-corrected chi connectivity index (χ0v) is 13.7. The zero-order valence-electron chi connectivity index (χ0n) is 13.7. The first kappa shape index (κ1) is 17.3. The molecule has 1 aliphatic rings. The van der Waals surface area contributed by atoms with Crippen LogP contribution in [0.2, 0.25) is 0 Å². The van der Waals surface area contributed by atoms with Crippen molar-refractivity contribution in [2.24, 2.45) is 0 Å². The van der Waals surface area contributed by atoms with Gasteiger partial charge in [0.2, 0.25) is 0 Å². The molecule has 0 saturated heterocycles. The van der Waals surface area contributed by atoms with Crippen molar-refractivity contribution in [1.29, 1.82) is 0 Å². The molecule has 1 amide bonds. The third-order valence-electron chi connectivity index (χ3n) is 3.69. The van der Waals surface area contributed by atoms with Gasteiger partial charge in [-0.3, -0.25) is 0 Å². The molecule has 20 heavy (non-hydrogen) atoms. The summed E-state index contributed by atoms with van der Waals surface area (Å²) in [4.78, 5) is 13.5. The maximum Gasteiger partial charge on any atom is 0.410 e. The van der Waals surface area contributed by atoms with Crippen LogP contribution < -0.4 is 5.32 Å². The lowest BCUT2D eigenvalue weighted by atomic mass is 9.97. The molecule has 118 valence electrons. The van der Waals surface area contributed by atoms with Crippen LogP contribution in [0.3, 0.4) is 0 Å². The molecule has 0 aromatic heterocycles. The Labute approximate surface area is 124 Å². The van der Waals surface area contributed by atoms with Crippen molar-refractivity contribution in [3.63, 3.8) is 0 Å². The minimum absolute atomic E-state index is 0.239. The third kappa shape index (κ3) is 7.73. The number of carbonyl (C=O) groups is 1. The van der Waals surface area contributed by atoms with Gasteiger partial charge < -0.3 is 15.0 Å². The SMILES string of the molecule is CN(CCNC1CCCCCCC1)C(=O)OC(C)(C)C. The van der Waals surface area contributed by atoms with Crippen molar-refractivity contribution in [3.8, 4) is 0 Å². The number of rotatable bonds is 4. The second-order valence-corrected chi connectivity index (χ2v) is 6.90. The summed E-state index contributed by atoms with van der Waals surface area (Å²) in [6.45, 7) is 7.23. The molecule has 4 heteroatoms. The molecular formula is C16H32N2O2. The first-order chi connectivity index (χ1) is 9.38. The van der Waals surface area contributed by atoms with Crippen molar-refractivity contribution in [2.75, 3.05) is 20.1 Å². The van der Waals surface area contributed by atoms with Gasteiger partial charge in [0.1, 0.15) is 5.60 Å². The molecule has 4 nitrogen and oxygen atoms in total.